The normalized spacial score (nSPS) is 11.9. The summed E-state index contributed by atoms with van der Waals surface area (Å²) in [6.45, 7) is 4.99. The maximum atomic E-state index is 11.9. The van der Waals surface area contributed by atoms with Gasteiger partial charge in [-0.05, 0) is 23.6 Å². The molecule has 0 fully saturated rings. The molecule has 1 aromatic rings. The topological polar surface area (TPSA) is 66.5 Å². The summed E-state index contributed by atoms with van der Waals surface area (Å²) in [7, 11) is -3.25. The van der Waals surface area contributed by atoms with Crippen LogP contribution in [0.15, 0.2) is 28.7 Å². The summed E-state index contributed by atoms with van der Waals surface area (Å²) in [6.07, 6.45) is 1.47. The lowest BCUT2D eigenvalue weighted by Crippen LogP contribution is -2.40. The summed E-state index contributed by atoms with van der Waals surface area (Å²) in [5, 5.41) is 2.77. The molecular formula is C15H23BrN2O3S. The van der Waals surface area contributed by atoms with Gasteiger partial charge >= 0.3 is 0 Å². The average molecular weight is 391 g/mol. The zero-order valence-corrected chi connectivity index (χ0v) is 15.6. The first kappa shape index (κ1) is 19.1. The molecule has 0 aliphatic heterocycles. The molecule has 1 N–H and O–H groups in total. The van der Waals surface area contributed by atoms with E-state index in [1.807, 2.05) is 38.1 Å². The molecule has 0 unspecified atom stereocenters. The molecule has 0 saturated heterocycles. The molecule has 5 nitrogen and oxygen atoms in total. The average Bonchev–Trinajstić information content (AvgIpc) is 2.35. The van der Waals surface area contributed by atoms with Crippen molar-refractivity contribution in [3.05, 3.63) is 34.3 Å². The first-order valence-electron chi connectivity index (χ1n) is 7.14. The molecule has 0 aliphatic carbocycles. The molecular weight excluding hydrogens is 368 g/mol. The van der Waals surface area contributed by atoms with Crippen LogP contribution in [-0.2, 0) is 21.2 Å². The van der Waals surface area contributed by atoms with E-state index in [1.54, 1.807) is 0 Å². The van der Waals surface area contributed by atoms with E-state index in [0.29, 0.717) is 19.6 Å². The Kier molecular flexibility index (Phi) is 7.52. The van der Waals surface area contributed by atoms with Crippen molar-refractivity contribution in [3.8, 4) is 0 Å². The van der Waals surface area contributed by atoms with Gasteiger partial charge in [-0.3, -0.25) is 4.79 Å². The van der Waals surface area contributed by atoms with Crippen LogP contribution in [0.3, 0.4) is 0 Å². The second-order valence-electron chi connectivity index (χ2n) is 5.67. The molecule has 1 aromatic carbocycles. The van der Waals surface area contributed by atoms with Crippen LogP contribution in [0.4, 0.5) is 0 Å². The largest absolute Gasteiger partial charge is 0.354 e. The Morgan fingerprint density at radius 3 is 2.59 bits per heavy atom. The van der Waals surface area contributed by atoms with Crippen molar-refractivity contribution in [3.63, 3.8) is 0 Å². The fourth-order valence-corrected chi connectivity index (χ4v) is 3.45. The van der Waals surface area contributed by atoms with Gasteiger partial charge in [0.2, 0.25) is 15.9 Å². The number of hydrogen-bond acceptors (Lipinski definition) is 3. The summed E-state index contributed by atoms with van der Waals surface area (Å²) in [5.74, 6) is 0.128. The van der Waals surface area contributed by atoms with E-state index in [0.717, 1.165) is 10.0 Å². The van der Waals surface area contributed by atoms with Crippen LogP contribution in [0.25, 0.3) is 0 Å². The third kappa shape index (κ3) is 7.38. The molecule has 124 valence electrons. The molecule has 0 spiro atoms. The van der Waals surface area contributed by atoms with Crippen LogP contribution in [0, 0.1) is 5.92 Å². The van der Waals surface area contributed by atoms with Gasteiger partial charge in [-0.1, -0.05) is 41.9 Å². The van der Waals surface area contributed by atoms with Crippen molar-refractivity contribution in [1.29, 1.82) is 0 Å². The quantitative estimate of drug-likeness (QED) is 0.738. The summed E-state index contributed by atoms with van der Waals surface area (Å²) in [4.78, 5) is 11.9. The predicted octanol–water partition coefficient (Wildman–Crippen LogP) is 2.03. The second kappa shape index (κ2) is 8.64. The van der Waals surface area contributed by atoms with Crippen molar-refractivity contribution in [1.82, 2.24) is 9.62 Å². The summed E-state index contributed by atoms with van der Waals surface area (Å²) in [6, 6.07) is 7.55. The van der Waals surface area contributed by atoms with Crippen molar-refractivity contribution >= 4 is 31.9 Å². The van der Waals surface area contributed by atoms with Crippen LogP contribution >= 0.6 is 15.9 Å². The lowest BCUT2D eigenvalue weighted by molar-refractivity contribution is -0.120. The Morgan fingerprint density at radius 1 is 1.36 bits per heavy atom. The molecule has 0 saturated carbocycles. The molecule has 22 heavy (non-hydrogen) atoms. The number of amides is 1. The second-order valence-corrected chi connectivity index (χ2v) is 8.57. The summed E-state index contributed by atoms with van der Waals surface area (Å²) < 4.78 is 25.7. The highest BCUT2D eigenvalue weighted by Crippen LogP contribution is 2.12. The monoisotopic (exact) mass is 390 g/mol. The number of nitrogens with one attached hydrogen (secondary N) is 1. The maximum absolute atomic E-state index is 11.9. The molecule has 0 radical (unpaired) electrons. The van der Waals surface area contributed by atoms with Crippen molar-refractivity contribution < 1.29 is 13.2 Å². The standard InChI is InChI=1S/C15H23BrN2O3S/c1-12(2)11-18(22(3,20)21)8-7-17-15(19)10-13-5-4-6-14(16)9-13/h4-6,9,12H,7-8,10-11H2,1-3H3,(H,17,19). The molecule has 0 aromatic heterocycles. The molecule has 0 aliphatic rings. The zero-order valence-electron chi connectivity index (χ0n) is 13.2. The fraction of sp³-hybridized carbons (Fsp3) is 0.533. The zero-order chi connectivity index (χ0) is 16.8. The highest BCUT2D eigenvalue weighted by molar-refractivity contribution is 9.10. The first-order valence-corrected chi connectivity index (χ1v) is 9.79. The summed E-state index contributed by atoms with van der Waals surface area (Å²) in [5.41, 5.74) is 0.911. The highest BCUT2D eigenvalue weighted by atomic mass is 79.9. The third-order valence-electron chi connectivity index (χ3n) is 2.97. The Bertz CT molecular complexity index is 603. The van der Waals surface area contributed by atoms with E-state index >= 15 is 0 Å². The first-order chi connectivity index (χ1) is 10.2. The SMILES string of the molecule is CC(C)CN(CCNC(=O)Cc1cccc(Br)c1)S(C)(=O)=O. The number of carbonyl (C=O) groups excluding carboxylic acids is 1. The lowest BCUT2D eigenvalue weighted by Gasteiger charge is -2.22. The van der Waals surface area contributed by atoms with Crippen molar-refractivity contribution in [2.45, 2.75) is 20.3 Å². The number of nitrogens with zero attached hydrogens (tertiary/aromatic N) is 1. The minimum atomic E-state index is -3.25. The van der Waals surface area contributed by atoms with Crippen LogP contribution in [0.1, 0.15) is 19.4 Å². The molecule has 0 bridgehead atoms. The smallest absolute Gasteiger partial charge is 0.224 e. The predicted molar refractivity (Wildman–Crippen MR) is 92.1 cm³/mol. The van der Waals surface area contributed by atoms with Gasteiger partial charge in [0.25, 0.3) is 0 Å². The van der Waals surface area contributed by atoms with Gasteiger partial charge in [0, 0.05) is 24.1 Å². The number of benzene rings is 1. The minimum absolute atomic E-state index is 0.115. The Labute approximate surface area is 141 Å². The van der Waals surface area contributed by atoms with E-state index in [1.165, 1.54) is 10.6 Å². The van der Waals surface area contributed by atoms with Gasteiger partial charge in [0.15, 0.2) is 0 Å². The van der Waals surface area contributed by atoms with Crippen LogP contribution in [-0.4, -0.2) is 44.5 Å². The third-order valence-corrected chi connectivity index (χ3v) is 4.74. The Hall–Kier alpha value is -0.920. The van der Waals surface area contributed by atoms with E-state index in [-0.39, 0.29) is 18.2 Å². The van der Waals surface area contributed by atoms with Crippen molar-refractivity contribution in [2.24, 2.45) is 5.92 Å². The number of rotatable bonds is 8. The van der Waals surface area contributed by atoms with Crippen LogP contribution < -0.4 is 5.32 Å². The molecule has 0 atom stereocenters. The van der Waals surface area contributed by atoms with E-state index < -0.39 is 10.0 Å². The Balaban J connectivity index is 2.46. The fourth-order valence-electron chi connectivity index (χ4n) is 2.01. The van der Waals surface area contributed by atoms with E-state index in [9.17, 15) is 13.2 Å². The van der Waals surface area contributed by atoms with Gasteiger partial charge < -0.3 is 5.32 Å². The highest BCUT2D eigenvalue weighted by Gasteiger charge is 2.17. The number of carbonyl (C=O) groups is 1. The van der Waals surface area contributed by atoms with E-state index in [4.69, 9.17) is 0 Å². The Morgan fingerprint density at radius 2 is 2.05 bits per heavy atom. The van der Waals surface area contributed by atoms with Crippen molar-refractivity contribution in [2.75, 3.05) is 25.9 Å². The number of halogens is 1. The molecule has 1 amide bonds. The van der Waals surface area contributed by atoms with Crippen LogP contribution in [0.2, 0.25) is 0 Å². The lowest BCUT2D eigenvalue weighted by atomic mass is 10.1. The minimum Gasteiger partial charge on any atom is -0.354 e. The molecule has 0 heterocycles. The van der Waals surface area contributed by atoms with E-state index in [2.05, 4.69) is 21.2 Å². The van der Waals surface area contributed by atoms with Gasteiger partial charge in [-0.25, -0.2) is 12.7 Å². The van der Waals surface area contributed by atoms with Crippen LogP contribution in [0.5, 0.6) is 0 Å². The van der Waals surface area contributed by atoms with Gasteiger partial charge in [0.05, 0.1) is 12.7 Å². The molecule has 7 heteroatoms. The van der Waals surface area contributed by atoms with Gasteiger partial charge in [-0.15, -0.1) is 0 Å². The molecule has 1 rings (SSSR count). The van der Waals surface area contributed by atoms with Gasteiger partial charge in [0.1, 0.15) is 0 Å². The number of hydrogen-bond donors (Lipinski definition) is 1. The van der Waals surface area contributed by atoms with Gasteiger partial charge in [-0.2, -0.15) is 0 Å². The summed E-state index contributed by atoms with van der Waals surface area (Å²) >= 11 is 3.36. The number of sulfonamides is 1. The maximum Gasteiger partial charge on any atom is 0.224 e.